The van der Waals surface area contributed by atoms with Crippen LogP contribution in [0.2, 0.25) is 0 Å². The molecule has 0 amide bonds. The summed E-state index contributed by atoms with van der Waals surface area (Å²) in [6, 6.07) is 6.28. The molecular weight excluding hydrogens is 210 g/mol. The van der Waals surface area contributed by atoms with Crippen LogP contribution in [0.3, 0.4) is 0 Å². The molecular formula is C12H20ClNO. The molecule has 1 rings (SSSR count). The predicted molar refractivity (Wildman–Crippen MR) is 67.2 cm³/mol. The monoisotopic (exact) mass is 229 g/mol. The highest BCUT2D eigenvalue weighted by Gasteiger charge is 1.98. The van der Waals surface area contributed by atoms with Crippen molar-refractivity contribution in [2.45, 2.75) is 20.3 Å². The second-order valence-electron chi connectivity index (χ2n) is 3.57. The van der Waals surface area contributed by atoms with E-state index in [1.165, 1.54) is 11.1 Å². The van der Waals surface area contributed by atoms with Crippen LogP contribution >= 0.6 is 12.4 Å². The molecule has 0 saturated carbocycles. The third kappa shape index (κ3) is 5.05. The fourth-order valence-corrected chi connectivity index (χ4v) is 1.39. The lowest BCUT2D eigenvalue weighted by Gasteiger charge is -2.09. The van der Waals surface area contributed by atoms with Crippen molar-refractivity contribution in [3.8, 4) is 5.75 Å². The Morgan fingerprint density at radius 2 is 2.00 bits per heavy atom. The largest absolute Gasteiger partial charge is 0.493 e. The molecule has 0 aliphatic heterocycles. The lowest BCUT2D eigenvalue weighted by atomic mass is 10.1. The first kappa shape index (κ1) is 14.3. The first-order chi connectivity index (χ1) is 6.74. The molecule has 1 N–H and O–H groups in total. The fraction of sp³-hybridized carbons (Fsp3) is 0.500. The van der Waals surface area contributed by atoms with Crippen LogP contribution in [-0.4, -0.2) is 20.2 Å². The van der Waals surface area contributed by atoms with Gasteiger partial charge in [-0.2, -0.15) is 0 Å². The van der Waals surface area contributed by atoms with Crippen molar-refractivity contribution in [2.24, 2.45) is 0 Å². The molecule has 0 saturated heterocycles. The van der Waals surface area contributed by atoms with E-state index in [-0.39, 0.29) is 12.4 Å². The standard InChI is InChI=1S/C12H19NO.ClH/c1-10-5-6-12(11(2)9-10)14-8-4-7-13-3;/h5-6,9,13H,4,7-8H2,1-3H3;1H. The van der Waals surface area contributed by atoms with E-state index in [1.807, 2.05) is 13.1 Å². The van der Waals surface area contributed by atoms with Crippen molar-refractivity contribution in [3.63, 3.8) is 0 Å². The second-order valence-corrected chi connectivity index (χ2v) is 3.57. The molecule has 0 spiro atoms. The molecule has 15 heavy (non-hydrogen) atoms. The van der Waals surface area contributed by atoms with Gasteiger partial charge in [-0.3, -0.25) is 0 Å². The highest BCUT2D eigenvalue weighted by molar-refractivity contribution is 5.85. The normalized spacial score (nSPS) is 9.53. The third-order valence-electron chi connectivity index (χ3n) is 2.16. The van der Waals surface area contributed by atoms with Crippen molar-refractivity contribution in [3.05, 3.63) is 29.3 Å². The molecule has 0 fully saturated rings. The Morgan fingerprint density at radius 3 is 2.60 bits per heavy atom. The maximum absolute atomic E-state index is 5.65. The molecule has 2 nitrogen and oxygen atoms in total. The minimum absolute atomic E-state index is 0. The molecule has 0 radical (unpaired) electrons. The van der Waals surface area contributed by atoms with E-state index < -0.39 is 0 Å². The van der Waals surface area contributed by atoms with Crippen LogP contribution in [0.25, 0.3) is 0 Å². The molecule has 0 aliphatic rings. The van der Waals surface area contributed by atoms with Crippen molar-refractivity contribution in [2.75, 3.05) is 20.2 Å². The fourth-order valence-electron chi connectivity index (χ4n) is 1.39. The number of rotatable bonds is 5. The number of hydrogen-bond acceptors (Lipinski definition) is 2. The summed E-state index contributed by atoms with van der Waals surface area (Å²) in [4.78, 5) is 0. The van der Waals surface area contributed by atoms with Gasteiger partial charge in [0.05, 0.1) is 6.61 Å². The summed E-state index contributed by atoms with van der Waals surface area (Å²) < 4.78 is 5.65. The van der Waals surface area contributed by atoms with Gasteiger partial charge in [-0.05, 0) is 45.5 Å². The zero-order valence-electron chi connectivity index (χ0n) is 9.67. The summed E-state index contributed by atoms with van der Waals surface area (Å²) >= 11 is 0. The summed E-state index contributed by atoms with van der Waals surface area (Å²) in [5.74, 6) is 1.01. The lowest BCUT2D eigenvalue weighted by molar-refractivity contribution is 0.308. The van der Waals surface area contributed by atoms with E-state index in [2.05, 4.69) is 31.3 Å². The maximum atomic E-state index is 5.65. The Morgan fingerprint density at radius 1 is 1.27 bits per heavy atom. The second kappa shape index (κ2) is 7.55. The van der Waals surface area contributed by atoms with Crippen LogP contribution in [0.1, 0.15) is 17.5 Å². The van der Waals surface area contributed by atoms with Gasteiger partial charge in [0, 0.05) is 0 Å². The van der Waals surface area contributed by atoms with E-state index in [1.54, 1.807) is 0 Å². The quantitative estimate of drug-likeness (QED) is 0.784. The van der Waals surface area contributed by atoms with Crippen LogP contribution in [-0.2, 0) is 0 Å². The van der Waals surface area contributed by atoms with Crippen molar-refractivity contribution >= 4 is 12.4 Å². The van der Waals surface area contributed by atoms with E-state index in [0.717, 1.165) is 25.3 Å². The van der Waals surface area contributed by atoms with Gasteiger partial charge in [-0.15, -0.1) is 12.4 Å². The van der Waals surface area contributed by atoms with Gasteiger partial charge in [-0.25, -0.2) is 0 Å². The third-order valence-corrected chi connectivity index (χ3v) is 2.16. The Bertz CT molecular complexity index is 289. The van der Waals surface area contributed by atoms with Crippen LogP contribution in [0.4, 0.5) is 0 Å². The van der Waals surface area contributed by atoms with Gasteiger partial charge in [0.15, 0.2) is 0 Å². The van der Waals surface area contributed by atoms with Gasteiger partial charge < -0.3 is 10.1 Å². The number of halogens is 1. The SMILES string of the molecule is CNCCCOc1ccc(C)cc1C.Cl. The van der Waals surface area contributed by atoms with E-state index in [9.17, 15) is 0 Å². The zero-order chi connectivity index (χ0) is 10.4. The van der Waals surface area contributed by atoms with Crippen molar-refractivity contribution in [1.82, 2.24) is 5.32 Å². The molecule has 0 aromatic heterocycles. The van der Waals surface area contributed by atoms with Crippen LogP contribution in [0.15, 0.2) is 18.2 Å². The Labute approximate surface area is 98.4 Å². The first-order valence-electron chi connectivity index (χ1n) is 5.08. The number of hydrogen-bond donors (Lipinski definition) is 1. The predicted octanol–water partition coefficient (Wildman–Crippen LogP) is 2.71. The number of nitrogens with one attached hydrogen (secondary N) is 1. The van der Waals surface area contributed by atoms with Crippen molar-refractivity contribution in [1.29, 1.82) is 0 Å². The average molecular weight is 230 g/mol. The van der Waals surface area contributed by atoms with Crippen molar-refractivity contribution < 1.29 is 4.74 Å². The summed E-state index contributed by atoms with van der Waals surface area (Å²) in [6.07, 6.45) is 1.05. The molecule has 0 atom stereocenters. The summed E-state index contributed by atoms with van der Waals surface area (Å²) in [5.41, 5.74) is 2.50. The minimum atomic E-state index is 0. The molecule has 0 unspecified atom stereocenters. The number of ether oxygens (including phenoxy) is 1. The maximum Gasteiger partial charge on any atom is 0.122 e. The smallest absolute Gasteiger partial charge is 0.122 e. The van der Waals surface area contributed by atoms with Crippen LogP contribution < -0.4 is 10.1 Å². The number of benzene rings is 1. The first-order valence-corrected chi connectivity index (χ1v) is 5.08. The Balaban J connectivity index is 0.00000196. The van der Waals surface area contributed by atoms with Gasteiger partial charge >= 0.3 is 0 Å². The van der Waals surface area contributed by atoms with E-state index in [0.29, 0.717) is 0 Å². The van der Waals surface area contributed by atoms with E-state index in [4.69, 9.17) is 4.74 Å². The molecule has 1 aromatic carbocycles. The van der Waals surface area contributed by atoms with Crippen LogP contribution in [0, 0.1) is 13.8 Å². The highest BCUT2D eigenvalue weighted by atomic mass is 35.5. The Kier molecular flexibility index (Phi) is 7.18. The number of aryl methyl sites for hydroxylation is 2. The molecule has 0 heterocycles. The summed E-state index contributed by atoms with van der Waals surface area (Å²) in [6.45, 7) is 5.97. The van der Waals surface area contributed by atoms with E-state index >= 15 is 0 Å². The van der Waals surface area contributed by atoms with Crippen LogP contribution in [0.5, 0.6) is 5.75 Å². The Hall–Kier alpha value is -0.730. The molecule has 0 aliphatic carbocycles. The summed E-state index contributed by atoms with van der Waals surface area (Å²) in [7, 11) is 1.96. The topological polar surface area (TPSA) is 21.3 Å². The van der Waals surface area contributed by atoms with Gasteiger partial charge in [-0.1, -0.05) is 17.7 Å². The minimum Gasteiger partial charge on any atom is -0.493 e. The van der Waals surface area contributed by atoms with Gasteiger partial charge in [0.25, 0.3) is 0 Å². The molecule has 86 valence electrons. The zero-order valence-corrected chi connectivity index (χ0v) is 10.5. The average Bonchev–Trinajstić information content (AvgIpc) is 2.15. The molecule has 0 bridgehead atoms. The molecule has 1 aromatic rings. The highest BCUT2D eigenvalue weighted by Crippen LogP contribution is 2.18. The van der Waals surface area contributed by atoms with Gasteiger partial charge in [0.1, 0.15) is 5.75 Å². The van der Waals surface area contributed by atoms with Gasteiger partial charge in [0.2, 0.25) is 0 Å². The summed E-state index contributed by atoms with van der Waals surface area (Å²) in [5, 5.41) is 3.10. The molecule has 3 heteroatoms. The lowest BCUT2D eigenvalue weighted by Crippen LogP contribution is -2.11.